The molecule has 2 aromatic rings. The molecule has 0 saturated heterocycles. The first-order valence-electron chi connectivity index (χ1n) is 8.60. The van der Waals surface area contributed by atoms with Crippen molar-refractivity contribution in [1.82, 2.24) is 5.32 Å². The third kappa shape index (κ3) is 4.66. The van der Waals surface area contributed by atoms with Crippen molar-refractivity contribution in [3.05, 3.63) is 65.5 Å². The van der Waals surface area contributed by atoms with E-state index in [0.29, 0.717) is 16.8 Å². The molecule has 3 rings (SSSR count). The van der Waals surface area contributed by atoms with Gasteiger partial charge in [-0.05, 0) is 61.4 Å². The molecular formula is C20H21FN2O2. The number of carbonyl (C=O) groups is 2. The zero-order chi connectivity index (χ0) is 17.6. The lowest BCUT2D eigenvalue weighted by atomic mass is 9.95. The minimum Gasteiger partial charge on any atom is -0.349 e. The Kier molecular flexibility index (Phi) is 5.43. The van der Waals surface area contributed by atoms with Crippen LogP contribution >= 0.6 is 0 Å². The molecule has 0 unspecified atom stereocenters. The highest BCUT2D eigenvalue weighted by Crippen LogP contribution is 2.18. The summed E-state index contributed by atoms with van der Waals surface area (Å²) in [6.45, 7) is 0. The maximum atomic E-state index is 12.9. The molecule has 4 nitrogen and oxygen atoms in total. The van der Waals surface area contributed by atoms with E-state index >= 15 is 0 Å². The lowest BCUT2D eigenvalue weighted by Crippen LogP contribution is -2.36. The number of nitrogens with one attached hydrogen (secondary N) is 2. The monoisotopic (exact) mass is 340 g/mol. The third-order valence-electron chi connectivity index (χ3n) is 4.45. The molecule has 0 aliphatic heterocycles. The lowest BCUT2D eigenvalue weighted by Gasteiger charge is -2.22. The van der Waals surface area contributed by atoms with Gasteiger partial charge in [-0.2, -0.15) is 0 Å². The number of halogens is 1. The first kappa shape index (κ1) is 17.1. The van der Waals surface area contributed by atoms with E-state index in [4.69, 9.17) is 0 Å². The summed E-state index contributed by atoms with van der Waals surface area (Å²) in [6.07, 6.45) is 5.66. The number of hydrogen-bond acceptors (Lipinski definition) is 2. The average Bonchev–Trinajstić information content (AvgIpc) is 2.63. The van der Waals surface area contributed by atoms with Gasteiger partial charge in [0.25, 0.3) is 11.8 Å². The van der Waals surface area contributed by atoms with Crippen molar-refractivity contribution in [2.24, 2.45) is 0 Å². The van der Waals surface area contributed by atoms with Crippen molar-refractivity contribution >= 4 is 17.5 Å². The first-order chi connectivity index (χ1) is 12.1. The highest BCUT2D eigenvalue weighted by molar-refractivity contribution is 6.04. The van der Waals surface area contributed by atoms with Crippen LogP contribution in [-0.2, 0) is 0 Å². The topological polar surface area (TPSA) is 58.2 Å². The van der Waals surface area contributed by atoms with Gasteiger partial charge in [0.2, 0.25) is 0 Å². The molecule has 0 radical (unpaired) electrons. The van der Waals surface area contributed by atoms with Crippen LogP contribution in [0.25, 0.3) is 0 Å². The second-order valence-corrected chi connectivity index (χ2v) is 6.35. The Labute approximate surface area is 146 Å². The number of hydrogen-bond donors (Lipinski definition) is 2. The lowest BCUT2D eigenvalue weighted by molar-refractivity contribution is 0.0927. The molecule has 2 amide bonds. The molecule has 2 aromatic carbocycles. The molecule has 5 heteroatoms. The van der Waals surface area contributed by atoms with Crippen LogP contribution in [0.5, 0.6) is 0 Å². The smallest absolute Gasteiger partial charge is 0.255 e. The Morgan fingerprint density at radius 2 is 1.36 bits per heavy atom. The Balaban J connectivity index is 1.58. The van der Waals surface area contributed by atoms with E-state index in [2.05, 4.69) is 10.6 Å². The fourth-order valence-electron chi connectivity index (χ4n) is 3.03. The predicted octanol–water partition coefficient (Wildman–Crippen LogP) is 4.14. The number of anilines is 1. The van der Waals surface area contributed by atoms with Gasteiger partial charge in [0.15, 0.2) is 0 Å². The second-order valence-electron chi connectivity index (χ2n) is 6.35. The van der Waals surface area contributed by atoms with Gasteiger partial charge in [-0.15, -0.1) is 0 Å². The van der Waals surface area contributed by atoms with E-state index in [0.717, 1.165) is 12.8 Å². The molecule has 25 heavy (non-hydrogen) atoms. The Morgan fingerprint density at radius 3 is 2.00 bits per heavy atom. The quantitative estimate of drug-likeness (QED) is 0.879. The van der Waals surface area contributed by atoms with Gasteiger partial charge in [-0.3, -0.25) is 9.59 Å². The standard InChI is InChI=1S/C20H21FN2O2/c21-16-10-6-14(7-11-16)19(24)23-18-12-8-15(9-13-18)20(25)22-17-4-2-1-3-5-17/h6-13,17H,1-5H2,(H,22,25)(H,23,24). The Morgan fingerprint density at radius 1 is 0.800 bits per heavy atom. The van der Waals surface area contributed by atoms with Crippen LogP contribution in [0.3, 0.4) is 0 Å². The van der Waals surface area contributed by atoms with E-state index in [1.807, 2.05) is 0 Å². The van der Waals surface area contributed by atoms with Crippen LogP contribution in [0.2, 0.25) is 0 Å². The van der Waals surface area contributed by atoms with Crippen LogP contribution in [0.1, 0.15) is 52.8 Å². The van der Waals surface area contributed by atoms with Gasteiger partial charge in [0, 0.05) is 22.9 Å². The Bertz CT molecular complexity index is 735. The average molecular weight is 340 g/mol. The van der Waals surface area contributed by atoms with Crippen LogP contribution in [0.15, 0.2) is 48.5 Å². The highest BCUT2D eigenvalue weighted by atomic mass is 19.1. The number of amides is 2. The Hall–Kier alpha value is -2.69. The van der Waals surface area contributed by atoms with E-state index in [-0.39, 0.29) is 23.7 Å². The minimum absolute atomic E-state index is 0.0803. The van der Waals surface area contributed by atoms with Gasteiger partial charge in [0.1, 0.15) is 5.82 Å². The van der Waals surface area contributed by atoms with Crippen molar-refractivity contribution in [3.63, 3.8) is 0 Å². The number of rotatable bonds is 4. The zero-order valence-corrected chi connectivity index (χ0v) is 13.9. The molecule has 0 heterocycles. The SMILES string of the molecule is O=C(Nc1ccc(C(=O)NC2CCCCC2)cc1)c1ccc(F)cc1. The molecule has 1 saturated carbocycles. The highest BCUT2D eigenvalue weighted by Gasteiger charge is 2.16. The summed E-state index contributed by atoms with van der Waals surface area (Å²) in [6, 6.07) is 12.4. The molecule has 1 aliphatic rings. The molecule has 1 fully saturated rings. The van der Waals surface area contributed by atoms with Crippen LogP contribution in [0, 0.1) is 5.82 Å². The number of carbonyl (C=O) groups excluding carboxylic acids is 2. The van der Waals surface area contributed by atoms with E-state index in [1.54, 1.807) is 24.3 Å². The molecule has 2 N–H and O–H groups in total. The van der Waals surface area contributed by atoms with Gasteiger partial charge < -0.3 is 10.6 Å². The normalized spacial score (nSPS) is 14.8. The molecule has 0 atom stereocenters. The van der Waals surface area contributed by atoms with Gasteiger partial charge in [0.05, 0.1) is 0 Å². The third-order valence-corrected chi connectivity index (χ3v) is 4.45. The zero-order valence-electron chi connectivity index (χ0n) is 13.9. The van der Waals surface area contributed by atoms with E-state index in [9.17, 15) is 14.0 Å². The van der Waals surface area contributed by atoms with Crippen molar-refractivity contribution in [1.29, 1.82) is 0 Å². The van der Waals surface area contributed by atoms with Gasteiger partial charge in [-0.1, -0.05) is 19.3 Å². The predicted molar refractivity (Wildman–Crippen MR) is 95.1 cm³/mol. The summed E-state index contributed by atoms with van der Waals surface area (Å²) >= 11 is 0. The van der Waals surface area contributed by atoms with E-state index < -0.39 is 0 Å². The molecule has 0 spiro atoms. The van der Waals surface area contributed by atoms with Crippen molar-refractivity contribution in [2.45, 2.75) is 38.1 Å². The molecule has 130 valence electrons. The van der Waals surface area contributed by atoms with Crippen LogP contribution < -0.4 is 10.6 Å². The summed E-state index contributed by atoms with van der Waals surface area (Å²) < 4.78 is 12.9. The van der Waals surface area contributed by atoms with Crippen LogP contribution in [-0.4, -0.2) is 17.9 Å². The minimum atomic E-state index is -0.384. The first-order valence-corrected chi connectivity index (χ1v) is 8.60. The summed E-state index contributed by atoms with van der Waals surface area (Å²) in [7, 11) is 0. The maximum Gasteiger partial charge on any atom is 0.255 e. The molecule has 0 bridgehead atoms. The molecule has 1 aliphatic carbocycles. The summed E-state index contributed by atoms with van der Waals surface area (Å²) in [5.74, 6) is -0.785. The van der Waals surface area contributed by atoms with E-state index in [1.165, 1.54) is 43.5 Å². The van der Waals surface area contributed by atoms with Crippen LogP contribution in [0.4, 0.5) is 10.1 Å². The fourth-order valence-corrected chi connectivity index (χ4v) is 3.03. The largest absolute Gasteiger partial charge is 0.349 e. The van der Waals surface area contributed by atoms with Crippen molar-refractivity contribution < 1.29 is 14.0 Å². The van der Waals surface area contributed by atoms with Gasteiger partial charge in [-0.25, -0.2) is 4.39 Å². The fraction of sp³-hybridized carbons (Fsp3) is 0.300. The second kappa shape index (κ2) is 7.92. The summed E-state index contributed by atoms with van der Waals surface area (Å²) in [5, 5.41) is 5.80. The summed E-state index contributed by atoms with van der Waals surface area (Å²) in [5.41, 5.74) is 1.54. The maximum absolute atomic E-state index is 12.9. The van der Waals surface area contributed by atoms with Crippen molar-refractivity contribution in [2.75, 3.05) is 5.32 Å². The number of benzene rings is 2. The molecule has 0 aromatic heterocycles. The van der Waals surface area contributed by atoms with Crippen molar-refractivity contribution in [3.8, 4) is 0 Å². The summed E-state index contributed by atoms with van der Waals surface area (Å²) in [4.78, 5) is 24.4. The molecular weight excluding hydrogens is 319 g/mol. The van der Waals surface area contributed by atoms with Gasteiger partial charge >= 0.3 is 0 Å².